The smallest absolute Gasteiger partial charge is 0.338 e. The molecule has 1 atom stereocenters. The maximum atomic E-state index is 14.1. The van der Waals surface area contributed by atoms with Crippen molar-refractivity contribution in [1.29, 1.82) is 0 Å². The van der Waals surface area contributed by atoms with Crippen LogP contribution in [0.3, 0.4) is 0 Å². The van der Waals surface area contributed by atoms with Crippen molar-refractivity contribution >= 4 is 23.4 Å². The van der Waals surface area contributed by atoms with Gasteiger partial charge in [-0.05, 0) is 66.1 Å². The Morgan fingerprint density at radius 2 is 1.62 bits per heavy atom. The lowest BCUT2D eigenvalue weighted by atomic mass is 9.78. The molecule has 1 aromatic heterocycles. The average Bonchev–Trinajstić information content (AvgIpc) is 3.21. The van der Waals surface area contributed by atoms with Crippen LogP contribution in [0.1, 0.15) is 83.7 Å². The monoisotopic (exact) mass is 592 g/mol. The van der Waals surface area contributed by atoms with Gasteiger partial charge in [0.2, 0.25) is 0 Å². The molecule has 2 heterocycles. The lowest BCUT2D eigenvalue weighted by molar-refractivity contribution is -0.139. The first-order chi connectivity index (χ1) is 19.6. The number of thiazole rings is 1. The Kier molecular flexibility index (Phi) is 8.47. The Labute approximate surface area is 250 Å². The largest absolute Gasteiger partial charge is 0.507 e. The predicted molar refractivity (Wildman–Crippen MR) is 165 cm³/mol. The number of benzene rings is 2. The van der Waals surface area contributed by atoms with E-state index in [1.54, 1.807) is 37.7 Å². The fourth-order valence-corrected chi connectivity index (χ4v) is 6.21. The number of hydrogen-bond donors (Lipinski definition) is 1. The zero-order chi connectivity index (χ0) is 31.1. The number of carbonyl (C=O) groups is 1. The van der Waals surface area contributed by atoms with E-state index in [0.29, 0.717) is 32.1 Å². The summed E-state index contributed by atoms with van der Waals surface area (Å²) in [5.74, 6) is 0.750. The fourth-order valence-electron chi connectivity index (χ4n) is 5.16. The summed E-state index contributed by atoms with van der Waals surface area (Å²) in [6, 6.07) is 8.42. The van der Waals surface area contributed by atoms with Crippen LogP contribution in [0.5, 0.6) is 17.2 Å². The number of esters is 1. The second-order valence-corrected chi connectivity index (χ2v) is 13.4. The first kappa shape index (κ1) is 31.1. The van der Waals surface area contributed by atoms with Gasteiger partial charge in [0, 0.05) is 11.1 Å². The van der Waals surface area contributed by atoms with Crippen molar-refractivity contribution in [1.82, 2.24) is 4.57 Å². The summed E-state index contributed by atoms with van der Waals surface area (Å²) in [4.78, 5) is 32.5. The molecule has 1 aliphatic heterocycles. The van der Waals surface area contributed by atoms with Crippen LogP contribution in [-0.4, -0.2) is 36.5 Å². The molecule has 0 fully saturated rings. The molecule has 9 heteroatoms. The van der Waals surface area contributed by atoms with Gasteiger partial charge in [-0.2, -0.15) is 0 Å². The van der Waals surface area contributed by atoms with Crippen LogP contribution in [0, 0.1) is 0 Å². The Hall–Kier alpha value is -3.85. The molecule has 3 aromatic rings. The van der Waals surface area contributed by atoms with Crippen LogP contribution < -0.4 is 24.4 Å². The van der Waals surface area contributed by atoms with Gasteiger partial charge in [0.25, 0.3) is 5.56 Å². The summed E-state index contributed by atoms with van der Waals surface area (Å²) in [5, 5.41) is 11.2. The van der Waals surface area contributed by atoms with Gasteiger partial charge in [-0.25, -0.2) is 9.79 Å². The molecule has 0 saturated carbocycles. The van der Waals surface area contributed by atoms with Gasteiger partial charge in [-0.3, -0.25) is 9.36 Å². The van der Waals surface area contributed by atoms with Crippen LogP contribution >= 0.6 is 11.3 Å². The second kappa shape index (κ2) is 11.4. The van der Waals surface area contributed by atoms with Crippen molar-refractivity contribution in [3.63, 3.8) is 0 Å². The van der Waals surface area contributed by atoms with Crippen molar-refractivity contribution < 1.29 is 24.1 Å². The zero-order valence-corrected chi connectivity index (χ0v) is 26.9. The number of carbonyl (C=O) groups excluding carboxylic acids is 1. The highest BCUT2D eigenvalue weighted by atomic mass is 32.1. The number of methoxy groups -OCH3 is 2. The van der Waals surface area contributed by atoms with Crippen molar-refractivity contribution in [3.8, 4) is 17.2 Å². The van der Waals surface area contributed by atoms with Gasteiger partial charge in [-0.1, -0.05) is 58.9 Å². The highest BCUT2D eigenvalue weighted by Gasteiger charge is 2.34. The van der Waals surface area contributed by atoms with Gasteiger partial charge in [0.1, 0.15) is 5.75 Å². The quantitative estimate of drug-likeness (QED) is 0.399. The number of nitrogens with zero attached hydrogens (tertiary/aromatic N) is 2. The summed E-state index contributed by atoms with van der Waals surface area (Å²) in [5.41, 5.74) is 2.92. The van der Waals surface area contributed by atoms with Gasteiger partial charge >= 0.3 is 5.97 Å². The van der Waals surface area contributed by atoms with Crippen molar-refractivity contribution in [2.24, 2.45) is 4.99 Å². The number of aromatic nitrogens is 1. The Morgan fingerprint density at radius 3 is 2.14 bits per heavy atom. The summed E-state index contributed by atoms with van der Waals surface area (Å²) in [6.45, 7) is 16.0. The molecule has 8 nitrogen and oxygen atoms in total. The minimum Gasteiger partial charge on any atom is -0.507 e. The third-order valence-electron chi connectivity index (χ3n) is 7.29. The molecule has 2 aromatic carbocycles. The molecule has 0 bridgehead atoms. The average molecular weight is 593 g/mol. The lowest BCUT2D eigenvalue weighted by Crippen LogP contribution is -2.40. The van der Waals surface area contributed by atoms with E-state index in [9.17, 15) is 14.7 Å². The van der Waals surface area contributed by atoms with Gasteiger partial charge in [0.05, 0.1) is 42.7 Å². The van der Waals surface area contributed by atoms with Gasteiger partial charge in [-0.15, -0.1) is 0 Å². The van der Waals surface area contributed by atoms with E-state index in [2.05, 4.69) is 46.5 Å². The molecule has 0 amide bonds. The van der Waals surface area contributed by atoms with E-state index >= 15 is 0 Å². The van der Waals surface area contributed by atoms with E-state index in [-0.39, 0.29) is 34.3 Å². The molecular formula is C33H40N2O6S. The van der Waals surface area contributed by atoms with Crippen LogP contribution in [0.2, 0.25) is 0 Å². The van der Waals surface area contributed by atoms with E-state index in [4.69, 9.17) is 14.2 Å². The molecule has 1 N–H and O–H groups in total. The molecule has 0 aliphatic carbocycles. The number of rotatable bonds is 6. The van der Waals surface area contributed by atoms with Gasteiger partial charge in [0.15, 0.2) is 16.3 Å². The molecule has 1 aliphatic rings. The van der Waals surface area contributed by atoms with Crippen molar-refractivity contribution in [2.75, 3.05) is 20.8 Å². The van der Waals surface area contributed by atoms with E-state index < -0.39 is 12.0 Å². The number of allylic oxidation sites excluding steroid dienone is 1. The van der Waals surface area contributed by atoms with Crippen LogP contribution in [0.25, 0.3) is 6.08 Å². The maximum Gasteiger partial charge on any atom is 0.338 e. The Morgan fingerprint density at radius 1 is 1.02 bits per heavy atom. The third kappa shape index (κ3) is 5.75. The highest BCUT2D eigenvalue weighted by Crippen LogP contribution is 2.40. The highest BCUT2D eigenvalue weighted by molar-refractivity contribution is 7.07. The van der Waals surface area contributed by atoms with Crippen LogP contribution in [-0.2, 0) is 20.4 Å². The van der Waals surface area contributed by atoms with Crippen molar-refractivity contribution in [3.05, 3.63) is 83.5 Å². The SMILES string of the molecule is CCOC(=O)C1=C(C)N=c2s/c(=C\c3cc(C(C)(C)C)c(O)c(C(C)(C)C)c3)c(=O)n2[C@H]1c1ccc(OC)c(OC)c1. The molecule has 4 rings (SSSR count). The first-order valence-corrected chi connectivity index (χ1v) is 14.7. The number of fused-ring (bicyclic) bond motifs is 1. The maximum absolute atomic E-state index is 14.1. The minimum absolute atomic E-state index is 0.186. The predicted octanol–water partition coefficient (Wildman–Crippen LogP) is 5.12. The third-order valence-corrected chi connectivity index (χ3v) is 8.27. The first-order valence-electron chi connectivity index (χ1n) is 13.9. The molecule has 0 saturated heterocycles. The summed E-state index contributed by atoms with van der Waals surface area (Å²) < 4.78 is 18.4. The normalized spacial score (nSPS) is 15.8. The minimum atomic E-state index is -0.780. The molecule has 42 heavy (non-hydrogen) atoms. The number of phenols is 1. The molecule has 224 valence electrons. The number of ether oxygens (including phenoxy) is 3. The van der Waals surface area contributed by atoms with E-state index in [1.165, 1.54) is 18.4 Å². The standard InChI is InChI=1S/C33H40N2O6S/c1-11-41-30(38)26-18(2)34-31-35(27(26)20-12-13-23(39-9)24(17-20)40-10)29(37)25(42-31)16-19-14-21(32(3,4)5)28(36)22(15-19)33(6,7)8/h12-17,27,36H,11H2,1-10H3/b25-16-/t27-/m0/s1. The lowest BCUT2D eigenvalue weighted by Gasteiger charge is -2.27. The second-order valence-electron chi connectivity index (χ2n) is 12.4. The van der Waals surface area contributed by atoms with Gasteiger partial charge < -0.3 is 19.3 Å². The summed E-state index contributed by atoms with van der Waals surface area (Å²) >= 11 is 1.26. The van der Waals surface area contributed by atoms with E-state index in [1.807, 2.05) is 24.3 Å². The van der Waals surface area contributed by atoms with Crippen molar-refractivity contribution in [2.45, 2.75) is 72.3 Å². The number of hydrogen-bond acceptors (Lipinski definition) is 8. The molecule has 0 radical (unpaired) electrons. The molecule has 0 spiro atoms. The Balaban J connectivity index is 2.01. The van der Waals surface area contributed by atoms with E-state index in [0.717, 1.165) is 16.7 Å². The summed E-state index contributed by atoms with van der Waals surface area (Å²) in [6.07, 6.45) is 1.84. The van der Waals surface area contributed by atoms with Crippen LogP contribution in [0.4, 0.5) is 0 Å². The Bertz CT molecular complexity index is 1710. The number of phenolic OH excluding ortho intramolecular Hbond substituents is 1. The topological polar surface area (TPSA) is 99.4 Å². The molecule has 0 unspecified atom stereocenters. The zero-order valence-electron chi connectivity index (χ0n) is 26.0. The van der Waals surface area contributed by atoms with Crippen LogP contribution in [0.15, 0.2) is 51.4 Å². The fraction of sp³-hybridized carbons (Fsp3) is 0.424. The summed E-state index contributed by atoms with van der Waals surface area (Å²) in [7, 11) is 3.09. The molecular weight excluding hydrogens is 552 g/mol. The number of aromatic hydroxyl groups is 1.